The van der Waals surface area contributed by atoms with Gasteiger partial charge in [-0.25, -0.2) is 4.79 Å². The Balaban J connectivity index is 1.54. The summed E-state index contributed by atoms with van der Waals surface area (Å²) in [5.41, 5.74) is 1.48. The normalized spacial score (nSPS) is 22.3. The molecule has 4 rings (SSSR count). The quantitative estimate of drug-likeness (QED) is 0.471. The number of aromatic nitrogens is 1. The van der Waals surface area contributed by atoms with Gasteiger partial charge in [0.1, 0.15) is 5.54 Å². The van der Waals surface area contributed by atoms with E-state index in [-0.39, 0.29) is 18.4 Å². The highest BCUT2D eigenvalue weighted by atomic mass is 16.5. The molecule has 0 bridgehead atoms. The van der Waals surface area contributed by atoms with Crippen LogP contribution >= 0.6 is 0 Å². The third-order valence-corrected chi connectivity index (χ3v) is 6.82. The van der Waals surface area contributed by atoms with Crippen LogP contribution in [-0.4, -0.2) is 60.7 Å². The maximum atomic E-state index is 13.3. The van der Waals surface area contributed by atoms with E-state index in [4.69, 9.17) is 14.2 Å². The lowest BCUT2D eigenvalue weighted by molar-refractivity contribution is -0.130. The molecule has 2 aliphatic heterocycles. The molecule has 182 valence electrons. The van der Waals surface area contributed by atoms with E-state index in [0.717, 1.165) is 35.7 Å². The summed E-state index contributed by atoms with van der Waals surface area (Å²) in [7, 11) is 3.02. The van der Waals surface area contributed by atoms with Crippen molar-refractivity contribution in [3.8, 4) is 11.5 Å². The number of benzene rings is 1. The van der Waals surface area contributed by atoms with Crippen LogP contribution in [0.5, 0.6) is 11.5 Å². The summed E-state index contributed by atoms with van der Waals surface area (Å²) in [5, 5.41) is 2.74. The topological polar surface area (TPSA) is 99.1 Å². The second-order valence-electron chi connectivity index (χ2n) is 8.97. The van der Waals surface area contributed by atoms with E-state index in [9.17, 15) is 14.4 Å². The van der Waals surface area contributed by atoms with E-state index >= 15 is 0 Å². The number of imide groups is 1. The van der Waals surface area contributed by atoms with Crippen molar-refractivity contribution in [2.75, 3.05) is 27.4 Å². The number of hydrogen-bond acceptors (Lipinski definition) is 6. The highest BCUT2D eigenvalue weighted by Crippen LogP contribution is 2.35. The number of aryl methyl sites for hydroxylation is 1. The van der Waals surface area contributed by atoms with Gasteiger partial charge in [-0.3, -0.25) is 14.5 Å². The first-order chi connectivity index (χ1) is 16.2. The van der Waals surface area contributed by atoms with Crippen LogP contribution < -0.4 is 14.8 Å². The van der Waals surface area contributed by atoms with E-state index in [0.29, 0.717) is 29.2 Å². The van der Waals surface area contributed by atoms with E-state index < -0.39 is 17.5 Å². The standard InChI is InChI=1S/C25H31N3O6/c1-15-11-19(16(2)27(15)13-18-7-6-10-34-18)20(29)14-28-23(30)25(3,26-24(28)31)17-8-9-21(32-4)22(12-17)33-5/h8-9,11-12,18H,6-7,10,13-14H2,1-5H3,(H,26,31)/t18-,25+/m1/s1. The van der Waals surface area contributed by atoms with Crippen molar-refractivity contribution in [2.45, 2.75) is 51.8 Å². The molecule has 2 atom stereocenters. The Morgan fingerprint density at radius 3 is 2.56 bits per heavy atom. The fraction of sp³-hybridized carbons (Fsp3) is 0.480. The van der Waals surface area contributed by atoms with Crippen LogP contribution in [-0.2, 0) is 21.6 Å². The summed E-state index contributed by atoms with van der Waals surface area (Å²) in [6, 6.07) is 6.24. The Morgan fingerprint density at radius 1 is 1.18 bits per heavy atom. The Morgan fingerprint density at radius 2 is 1.91 bits per heavy atom. The lowest BCUT2D eigenvalue weighted by Crippen LogP contribution is -2.41. The number of ketones is 1. The van der Waals surface area contributed by atoms with Gasteiger partial charge < -0.3 is 24.1 Å². The fourth-order valence-electron chi connectivity index (χ4n) is 4.77. The molecule has 0 saturated carbocycles. The van der Waals surface area contributed by atoms with Crippen LogP contribution in [0.3, 0.4) is 0 Å². The number of methoxy groups -OCH3 is 2. The van der Waals surface area contributed by atoms with Crippen molar-refractivity contribution in [2.24, 2.45) is 0 Å². The molecule has 0 aliphatic carbocycles. The molecule has 3 amide bonds. The molecule has 34 heavy (non-hydrogen) atoms. The Labute approximate surface area is 199 Å². The summed E-state index contributed by atoms with van der Waals surface area (Å²) in [6.45, 7) is 6.56. The zero-order valence-corrected chi connectivity index (χ0v) is 20.3. The van der Waals surface area contributed by atoms with Crippen LogP contribution in [0.4, 0.5) is 4.79 Å². The van der Waals surface area contributed by atoms with Crippen molar-refractivity contribution < 1.29 is 28.6 Å². The summed E-state index contributed by atoms with van der Waals surface area (Å²) >= 11 is 0. The van der Waals surface area contributed by atoms with Gasteiger partial charge in [-0.15, -0.1) is 0 Å². The van der Waals surface area contributed by atoms with Gasteiger partial charge in [-0.05, 0) is 57.4 Å². The van der Waals surface area contributed by atoms with Crippen molar-refractivity contribution in [3.05, 3.63) is 46.8 Å². The van der Waals surface area contributed by atoms with Gasteiger partial charge in [-0.2, -0.15) is 0 Å². The number of nitrogens with zero attached hydrogens (tertiary/aromatic N) is 2. The number of hydrogen-bond donors (Lipinski definition) is 1. The monoisotopic (exact) mass is 469 g/mol. The lowest BCUT2D eigenvalue weighted by atomic mass is 9.91. The maximum absolute atomic E-state index is 13.3. The van der Waals surface area contributed by atoms with Gasteiger partial charge in [0.05, 0.1) is 26.9 Å². The van der Waals surface area contributed by atoms with Gasteiger partial charge >= 0.3 is 6.03 Å². The summed E-state index contributed by atoms with van der Waals surface area (Å²) in [6.07, 6.45) is 2.18. The van der Waals surface area contributed by atoms with Gasteiger partial charge in [0.25, 0.3) is 5.91 Å². The zero-order chi connectivity index (χ0) is 24.6. The smallest absolute Gasteiger partial charge is 0.325 e. The zero-order valence-electron chi connectivity index (χ0n) is 20.3. The maximum Gasteiger partial charge on any atom is 0.325 e. The van der Waals surface area contributed by atoms with Gasteiger partial charge in [0.15, 0.2) is 17.3 Å². The van der Waals surface area contributed by atoms with E-state index in [2.05, 4.69) is 9.88 Å². The minimum atomic E-state index is -1.33. The number of carbonyl (C=O) groups excluding carboxylic acids is 3. The molecule has 1 aromatic carbocycles. The molecule has 2 aliphatic rings. The van der Waals surface area contributed by atoms with Crippen LogP contribution in [0.15, 0.2) is 24.3 Å². The van der Waals surface area contributed by atoms with E-state index in [1.807, 2.05) is 19.9 Å². The molecule has 2 aromatic rings. The SMILES string of the molecule is COc1ccc([C@]2(C)NC(=O)N(CC(=O)c3cc(C)n(C[C@H]4CCCO4)c3C)C2=O)cc1OC. The molecule has 1 N–H and O–H groups in total. The average molecular weight is 470 g/mol. The molecule has 9 nitrogen and oxygen atoms in total. The van der Waals surface area contributed by atoms with Gasteiger partial charge in [0, 0.05) is 30.1 Å². The second-order valence-corrected chi connectivity index (χ2v) is 8.97. The summed E-state index contributed by atoms with van der Waals surface area (Å²) in [5.74, 6) is 0.173. The Bertz CT molecular complexity index is 1130. The van der Waals surface area contributed by atoms with Crippen LogP contribution in [0, 0.1) is 13.8 Å². The molecule has 2 saturated heterocycles. The predicted octanol–water partition coefficient (Wildman–Crippen LogP) is 2.95. The number of amides is 3. The molecule has 0 radical (unpaired) electrons. The number of Topliss-reactive ketones (excluding diaryl/α,β-unsaturated/α-hetero) is 1. The number of rotatable bonds is 8. The average Bonchev–Trinajstić information content (AvgIpc) is 3.50. The molecular weight excluding hydrogens is 438 g/mol. The third-order valence-electron chi connectivity index (χ3n) is 6.82. The molecule has 9 heteroatoms. The minimum Gasteiger partial charge on any atom is -0.493 e. The summed E-state index contributed by atoms with van der Waals surface area (Å²) < 4.78 is 18.4. The molecule has 0 spiro atoms. The van der Waals surface area contributed by atoms with Crippen LogP contribution in [0.2, 0.25) is 0 Å². The third kappa shape index (κ3) is 4.04. The minimum absolute atomic E-state index is 0.140. The predicted molar refractivity (Wildman–Crippen MR) is 124 cm³/mol. The first-order valence-corrected chi connectivity index (χ1v) is 11.4. The highest BCUT2D eigenvalue weighted by molar-refractivity contribution is 6.11. The van der Waals surface area contributed by atoms with Gasteiger partial charge in [0.2, 0.25) is 0 Å². The largest absolute Gasteiger partial charge is 0.493 e. The number of nitrogens with one attached hydrogen (secondary N) is 1. The first-order valence-electron chi connectivity index (χ1n) is 11.4. The second kappa shape index (κ2) is 9.13. The first kappa shape index (κ1) is 23.8. The van der Waals surface area contributed by atoms with Crippen LogP contribution in [0.1, 0.15) is 47.1 Å². The van der Waals surface area contributed by atoms with Gasteiger partial charge in [-0.1, -0.05) is 6.07 Å². The van der Waals surface area contributed by atoms with Crippen molar-refractivity contribution in [3.63, 3.8) is 0 Å². The fourth-order valence-corrected chi connectivity index (χ4v) is 4.77. The Kier molecular flexibility index (Phi) is 6.40. The lowest BCUT2D eigenvalue weighted by Gasteiger charge is -2.23. The molecule has 0 unspecified atom stereocenters. The van der Waals surface area contributed by atoms with Crippen molar-refractivity contribution in [1.82, 2.24) is 14.8 Å². The highest BCUT2D eigenvalue weighted by Gasteiger charge is 2.50. The van der Waals surface area contributed by atoms with E-state index in [1.165, 1.54) is 14.2 Å². The van der Waals surface area contributed by atoms with Crippen LogP contribution in [0.25, 0.3) is 0 Å². The molecule has 3 heterocycles. The number of carbonyl (C=O) groups is 3. The Hall–Kier alpha value is -3.33. The number of ether oxygens (including phenoxy) is 3. The van der Waals surface area contributed by atoms with Crippen molar-refractivity contribution in [1.29, 1.82) is 0 Å². The number of urea groups is 1. The molecule has 2 fully saturated rings. The van der Waals surface area contributed by atoms with Crippen molar-refractivity contribution >= 4 is 17.7 Å². The molecular formula is C25H31N3O6. The molecule has 1 aromatic heterocycles. The summed E-state index contributed by atoms with van der Waals surface area (Å²) in [4.78, 5) is 40.3. The van der Waals surface area contributed by atoms with E-state index in [1.54, 1.807) is 25.1 Å².